The number of rotatable bonds is 8. The third-order valence-corrected chi connectivity index (χ3v) is 3.59. The highest BCUT2D eigenvalue weighted by atomic mass is 32.1. The predicted molar refractivity (Wildman–Crippen MR) is 92.0 cm³/mol. The van der Waals surface area contributed by atoms with Crippen molar-refractivity contribution in [3.05, 3.63) is 47.2 Å². The lowest BCUT2D eigenvalue weighted by molar-refractivity contribution is 0.0502. The van der Waals surface area contributed by atoms with Crippen molar-refractivity contribution in [3.8, 4) is 5.88 Å². The molecule has 0 bridgehead atoms. The number of thiol groups is 1. The maximum atomic E-state index is 12.3. The standard InChI is InChI=1S/C17H22N2O3S/c1-3-6-13-7-5-8-14(17(20)21-11-4-2)15(13)12-22-16-9-10-19(23)18-16/h5,7-10,23H,3-4,6,11-12H2,1-2H3. The van der Waals surface area contributed by atoms with Crippen LogP contribution >= 0.6 is 12.8 Å². The zero-order valence-corrected chi connectivity index (χ0v) is 14.4. The minimum absolute atomic E-state index is 0.275. The Morgan fingerprint density at radius 2 is 2.09 bits per heavy atom. The number of hydrogen-bond donors (Lipinski definition) is 1. The number of nitrogens with zero attached hydrogens (tertiary/aromatic N) is 2. The topological polar surface area (TPSA) is 53.4 Å². The molecule has 124 valence electrons. The van der Waals surface area contributed by atoms with Crippen LogP contribution in [0.15, 0.2) is 30.5 Å². The molecule has 0 amide bonds. The minimum Gasteiger partial charge on any atom is -0.472 e. The molecule has 0 saturated carbocycles. The monoisotopic (exact) mass is 334 g/mol. The Morgan fingerprint density at radius 3 is 2.74 bits per heavy atom. The smallest absolute Gasteiger partial charge is 0.338 e. The van der Waals surface area contributed by atoms with Crippen LogP contribution in [0.3, 0.4) is 0 Å². The van der Waals surface area contributed by atoms with Crippen LogP contribution in [0, 0.1) is 0 Å². The van der Waals surface area contributed by atoms with Crippen molar-refractivity contribution in [1.82, 2.24) is 9.19 Å². The molecule has 1 heterocycles. The average Bonchev–Trinajstić information content (AvgIpc) is 2.97. The van der Waals surface area contributed by atoms with E-state index >= 15 is 0 Å². The maximum absolute atomic E-state index is 12.3. The second-order valence-electron chi connectivity index (χ2n) is 5.19. The number of carbonyl (C=O) groups is 1. The van der Waals surface area contributed by atoms with Gasteiger partial charge in [0.25, 0.3) is 0 Å². The van der Waals surface area contributed by atoms with Gasteiger partial charge in [-0.1, -0.05) is 32.4 Å². The number of carbonyl (C=O) groups excluding carboxylic acids is 1. The Labute approximate surface area is 142 Å². The lowest BCUT2D eigenvalue weighted by Gasteiger charge is -2.14. The Kier molecular flexibility index (Phi) is 6.52. The molecule has 0 radical (unpaired) electrons. The van der Waals surface area contributed by atoms with E-state index in [0.29, 0.717) is 18.1 Å². The molecule has 0 aliphatic rings. The van der Waals surface area contributed by atoms with Gasteiger partial charge in [-0.25, -0.2) is 8.88 Å². The van der Waals surface area contributed by atoms with Crippen LogP contribution in [0.1, 0.15) is 48.2 Å². The first-order valence-corrected chi connectivity index (χ1v) is 8.21. The van der Waals surface area contributed by atoms with Gasteiger partial charge in [-0.15, -0.1) is 5.10 Å². The van der Waals surface area contributed by atoms with Gasteiger partial charge < -0.3 is 9.47 Å². The highest BCUT2D eigenvalue weighted by Crippen LogP contribution is 2.20. The Morgan fingerprint density at radius 1 is 1.26 bits per heavy atom. The fraction of sp³-hybridized carbons (Fsp3) is 0.412. The summed E-state index contributed by atoms with van der Waals surface area (Å²) in [5, 5.41) is 4.07. The van der Waals surface area contributed by atoms with Gasteiger partial charge in [-0.3, -0.25) is 0 Å². The van der Waals surface area contributed by atoms with Crippen LogP contribution in [0.4, 0.5) is 0 Å². The molecule has 0 aliphatic heterocycles. The Bertz CT molecular complexity index is 655. The van der Waals surface area contributed by atoms with Gasteiger partial charge >= 0.3 is 5.97 Å². The van der Waals surface area contributed by atoms with Gasteiger partial charge in [-0.2, -0.15) is 0 Å². The Balaban J connectivity index is 2.23. The van der Waals surface area contributed by atoms with Crippen molar-refractivity contribution in [2.24, 2.45) is 0 Å². The summed E-state index contributed by atoms with van der Waals surface area (Å²) in [5.74, 6) is 0.169. The van der Waals surface area contributed by atoms with E-state index in [1.54, 1.807) is 18.3 Å². The van der Waals surface area contributed by atoms with E-state index in [-0.39, 0.29) is 12.6 Å². The van der Waals surface area contributed by atoms with E-state index in [2.05, 4.69) is 24.8 Å². The molecule has 0 fully saturated rings. The van der Waals surface area contributed by atoms with E-state index in [4.69, 9.17) is 9.47 Å². The summed E-state index contributed by atoms with van der Waals surface area (Å²) in [6.07, 6.45) is 4.36. The van der Waals surface area contributed by atoms with Gasteiger partial charge in [0.05, 0.1) is 12.2 Å². The average molecular weight is 334 g/mol. The second-order valence-corrected chi connectivity index (χ2v) is 5.60. The third kappa shape index (κ3) is 4.76. The van der Waals surface area contributed by atoms with Gasteiger partial charge in [0.1, 0.15) is 6.61 Å². The van der Waals surface area contributed by atoms with E-state index < -0.39 is 0 Å². The van der Waals surface area contributed by atoms with E-state index in [1.807, 2.05) is 19.1 Å². The molecule has 5 nitrogen and oxygen atoms in total. The van der Waals surface area contributed by atoms with Crippen LogP contribution in [0.5, 0.6) is 5.88 Å². The van der Waals surface area contributed by atoms with Crippen LogP contribution in [-0.2, 0) is 17.8 Å². The highest BCUT2D eigenvalue weighted by molar-refractivity contribution is 7.78. The lowest BCUT2D eigenvalue weighted by Crippen LogP contribution is -2.13. The molecule has 0 spiro atoms. The summed E-state index contributed by atoms with van der Waals surface area (Å²) in [6.45, 7) is 4.77. The molecule has 0 aliphatic carbocycles. The highest BCUT2D eigenvalue weighted by Gasteiger charge is 2.16. The first kappa shape index (κ1) is 17.4. The van der Waals surface area contributed by atoms with Crippen LogP contribution in [0.2, 0.25) is 0 Å². The number of aromatic nitrogens is 2. The van der Waals surface area contributed by atoms with Gasteiger partial charge in [0, 0.05) is 17.8 Å². The minimum atomic E-state index is -0.303. The number of esters is 1. The van der Waals surface area contributed by atoms with Crippen molar-refractivity contribution in [1.29, 1.82) is 0 Å². The summed E-state index contributed by atoms with van der Waals surface area (Å²) in [5.41, 5.74) is 2.53. The number of benzene rings is 1. The number of aryl methyl sites for hydroxylation is 1. The quantitative estimate of drug-likeness (QED) is 0.591. The van der Waals surface area contributed by atoms with Crippen molar-refractivity contribution in [2.75, 3.05) is 6.61 Å². The third-order valence-electron chi connectivity index (χ3n) is 3.37. The maximum Gasteiger partial charge on any atom is 0.338 e. The lowest BCUT2D eigenvalue weighted by atomic mass is 9.98. The summed E-state index contributed by atoms with van der Waals surface area (Å²) in [4.78, 5) is 12.3. The first-order chi connectivity index (χ1) is 11.2. The Hall–Kier alpha value is -1.95. The van der Waals surface area contributed by atoms with Crippen molar-refractivity contribution in [3.63, 3.8) is 0 Å². The molecule has 0 N–H and O–H groups in total. The molecule has 2 rings (SSSR count). The SMILES string of the molecule is CCCOC(=O)c1cccc(CCC)c1COc1ccn(S)n1. The van der Waals surface area contributed by atoms with Crippen LogP contribution in [0.25, 0.3) is 0 Å². The summed E-state index contributed by atoms with van der Waals surface area (Å²) < 4.78 is 12.4. The number of hydrogen-bond acceptors (Lipinski definition) is 5. The van der Waals surface area contributed by atoms with Crippen molar-refractivity contribution < 1.29 is 14.3 Å². The van der Waals surface area contributed by atoms with Gasteiger partial charge in [0.2, 0.25) is 5.88 Å². The largest absolute Gasteiger partial charge is 0.472 e. The predicted octanol–water partition coefficient (Wildman–Crippen LogP) is 3.67. The van der Waals surface area contributed by atoms with Crippen molar-refractivity contribution in [2.45, 2.75) is 39.7 Å². The van der Waals surface area contributed by atoms with Gasteiger partial charge in [0.15, 0.2) is 0 Å². The zero-order valence-electron chi connectivity index (χ0n) is 13.5. The van der Waals surface area contributed by atoms with E-state index in [9.17, 15) is 4.79 Å². The molecular formula is C17H22N2O3S. The molecule has 0 atom stereocenters. The fourth-order valence-corrected chi connectivity index (χ4v) is 2.45. The molecule has 6 heteroatoms. The fourth-order valence-electron chi connectivity index (χ4n) is 2.29. The van der Waals surface area contributed by atoms with E-state index in [0.717, 1.165) is 30.4 Å². The van der Waals surface area contributed by atoms with Crippen molar-refractivity contribution >= 4 is 18.8 Å². The molecular weight excluding hydrogens is 312 g/mol. The summed E-state index contributed by atoms with van der Waals surface area (Å²) in [7, 11) is 0. The molecule has 0 unspecified atom stereocenters. The van der Waals surface area contributed by atoms with Crippen LogP contribution in [-0.4, -0.2) is 21.8 Å². The molecule has 1 aromatic carbocycles. The zero-order chi connectivity index (χ0) is 16.7. The molecule has 23 heavy (non-hydrogen) atoms. The normalized spacial score (nSPS) is 10.6. The van der Waals surface area contributed by atoms with Crippen LogP contribution < -0.4 is 4.74 Å². The summed E-state index contributed by atoms with van der Waals surface area (Å²) >= 11 is 4.08. The summed E-state index contributed by atoms with van der Waals surface area (Å²) in [6, 6.07) is 7.42. The molecule has 0 saturated heterocycles. The second kappa shape index (κ2) is 8.62. The number of ether oxygens (including phenoxy) is 2. The first-order valence-electron chi connectivity index (χ1n) is 7.81. The van der Waals surface area contributed by atoms with E-state index in [1.165, 1.54) is 4.09 Å². The van der Waals surface area contributed by atoms with Gasteiger partial charge in [-0.05, 0) is 37.3 Å². The molecule has 1 aromatic heterocycles. The molecule has 2 aromatic rings.